The van der Waals surface area contributed by atoms with E-state index in [-0.39, 0.29) is 22.5 Å². The molecule has 0 spiro atoms. The van der Waals surface area contributed by atoms with Gasteiger partial charge in [-0.3, -0.25) is 4.79 Å². The molecule has 2 atom stereocenters. The van der Waals surface area contributed by atoms with Gasteiger partial charge in [0.05, 0.1) is 6.04 Å². The number of alkyl halides is 1. The summed E-state index contributed by atoms with van der Waals surface area (Å²) in [7, 11) is 0. The van der Waals surface area contributed by atoms with Crippen LogP contribution in [-0.2, 0) is 6.42 Å². The van der Waals surface area contributed by atoms with Crippen LogP contribution in [0.3, 0.4) is 0 Å². The predicted molar refractivity (Wildman–Crippen MR) is 81.2 cm³/mol. The summed E-state index contributed by atoms with van der Waals surface area (Å²) in [5.41, 5.74) is 2.88. The molecule has 0 radical (unpaired) electrons. The molecule has 0 aliphatic heterocycles. The minimum atomic E-state index is -0.174. The van der Waals surface area contributed by atoms with E-state index in [1.165, 1.54) is 11.6 Å². The van der Waals surface area contributed by atoms with Crippen molar-refractivity contribution in [1.29, 1.82) is 0 Å². The lowest BCUT2D eigenvalue weighted by atomic mass is 10.1. The van der Waals surface area contributed by atoms with Gasteiger partial charge < -0.3 is 10.4 Å². The highest BCUT2D eigenvalue weighted by Crippen LogP contribution is 2.35. The van der Waals surface area contributed by atoms with Gasteiger partial charge in [-0.25, -0.2) is 0 Å². The van der Waals surface area contributed by atoms with Gasteiger partial charge in [0.1, 0.15) is 5.75 Å². The second kappa shape index (κ2) is 5.29. The van der Waals surface area contributed by atoms with Gasteiger partial charge in [0.2, 0.25) is 0 Å². The van der Waals surface area contributed by atoms with Gasteiger partial charge in [-0.05, 0) is 35.7 Å². The van der Waals surface area contributed by atoms with E-state index in [1.54, 1.807) is 18.2 Å². The van der Waals surface area contributed by atoms with Gasteiger partial charge in [-0.2, -0.15) is 0 Å². The van der Waals surface area contributed by atoms with Crippen molar-refractivity contribution in [3.05, 3.63) is 65.2 Å². The van der Waals surface area contributed by atoms with Crippen molar-refractivity contribution < 1.29 is 9.90 Å². The molecule has 0 saturated carbocycles. The van der Waals surface area contributed by atoms with Crippen LogP contribution in [0.1, 0.15) is 27.5 Å². The summed E-state index contributed by atoms with van der Waals surface area (Å²) in [6.45, 7) is 0. The summed E-state index contributed by atoms with van der Waals surface area (Å²) in [4.78, 5) is 12.5. The van der Waals surface area contributed by atoms with Crippen molar-refractivity contribution in [3.63, 3.8) is 0 Å². The fraction of sp³-hybridized carbons (Fsp3) is 0.188. The Morgan fingerprint density at radius 1 is 1.20 bits per heavy atom. The van der Waals surface area contributed by atoms with Gasteiger partial charge in [-0.1, -0.05) is 46.3 Å². The molecule has 3 nitrogen and oxygen atoms in total. The minimum Gasteiger partial charge on any atom is -0.508 e. The van der Waals surface area contributed by atoms with E-state index in [4.69, 9.17) is 0 Å². The zero-order valence-electron chi connectivity index (χ0n) is 10.7. The molecule has 0 fully saturated rings. The van der Waals surface area contributed by atoms with E-state index in [0.29, 0.717) is 5.56 Å². The molecular formula is C16H14BrNO2. The number of rotatable bonds is 2. The van der Waals surface area contributed by atoms with Gasteiger partial charge >= 0.3 is 0 Å². The van der Waals surface area contributed by atoms with Crippen molar-refractivity contribution in [1.82, 2.24) is 5.32 Å². The normalized spacial score (nSPS) is 20.4. The molecule has 2 unspecified atom stereocenters. The number of hydrogen-bond acceptors (Lipinski definition) is 2. The molecule has 0 aromatic heterocycles. The lowest BCUT2D eigenvalue weighted by molar-refractivity contribution is 0.0937. The maximum atomic E-state index is 12.3. The van der Waals surface area contributed by atoms with Crippen LogP contribution in [0, 0.1) is 0 Å². The molecule has 1 amide bonds. The Labute approximate surface area is 125 Å². The summed E-state index contributed by atoms with van der Waals surface area (Å²) in [6, 6.07) is 14.5. The summed E-state index contributed by atoms with van der Waals surface area (Å²) in [5, 5.41) is 12.5. The Bertz CT molecular complexity index is 656. The fourth-order valence-corrected chi connectivity index (χ4v) is 3.35. The first-order valence-corrected chi connectivity index (χ1v) is 7.38. The second-order valence-electron chi connectivity index (χ2n) is 4.92. The number of carbonyl (C=O) groups excluding carboxylic acids is 1. The third-order valence-corrected chi connectivity index (χ3v) is 4.41. The molecule has 3 rings (SSSR count). The van der Waals surface area contributed by atoms with Crippen molar-refractivity contribution in [3.8, 4) is 5.75 Å². The lowest BCUT2D eigenvalue weighted by Crippen LogP contribution is -2.31. The van der Waals surface area contributed by atoms with Crippen LogP contribution < -0.4 is 5.32 Å². The molecule has 102 valence electrons. The number of nitrogens with one attached hydrogen (secondary N) is 1. The maximum Gasteiger partial charge on any atom is 0.251 e. The van der Waals surface area contributed by atoms with Crippen molar-refractivity contribution in [2.45, 2.75) is 17.3 Å². The first kappa shape index (κ1) is 13.2. The average Bonchev–Trinajstić information content (AvgIpc) is 2.75. The van der Waals surface area contributed by atoms with E-state index >= 15 is 0 Å². The highest BCUT2D eigenvalue weighted by molar-refractivity contribution is 9.09. The lowest BCUT2D eigenvalue weighted by Gasteiger charge is -2.17. The average molecular weight is 332 g/mol. The Hall–Kier alpha value is -1.81. The molecule has 20 heavy (non-hydrogen) atoms. The number of aromatic hydroxyl groups is 1. The zero-order chi connectivity index (χ0) is 14.1. The largest absolute Gasteiger partial charge is 0.508 e. The summed E-state index contributed by atoms with van der Waals surface area (Å²) < 4.78 is 0. The third kappa shape index (κ3) is 2.43. The van der Waals surface area contributed by atoms with E-state index in [1.807, 2.05) is 18.2 Å². The van der Waals surface area contributed by atoms with Crippen LogP contribution in [0.25, 0.3) is 0 Å². The first-order chi connectivity index (χ1) is 9.65. The number of phenolic OH excluding ortho intramolecular Hbond substituents is 1. The standard InChI is InChI=1S/C16H14BrNO2/c17-14-9-10-4-1-2-7-13(10)15(14)18-16(20)11-5-3-6-12(19)8-11/h1-8,14-15,19H,9H2,(H,18,20). The molecule has 1 aliphatic rings. The number of carbonyl (C=O) groups is 1. The Morgan fingerprint density at radius 3 is 2.80 bits per heavy atom. The molecular weight excluding hydrogens is 318 g/mol. The maximum absolute atomic E-state index is 12.3. The highest BCUT2D eigenvalue weighted by Gasteiger charge is 2.31. The van der Waals surface area contributed by atoms with Crippen molar-refractivity contribution in [2.24, 2.45) is 0 Å². The number of hydrogen-bond donors (Lipinski definition) is 2. The molecule has 2 aromatic carbocycles. The van der Waals surface area contributed by atoms with Crippen LogP contribution in [0.4, 0.5) is 0 Å². The number of halogens is 1. The van der Waals surface area contributed by atoms with Gasteiger partial charge in [0.15, 0.2) is 0 Å². The zero-order valence-corrected chi connectivity index (χ0v) is 12.3. The molecule has 1 aliphatic carbocycles. The van der Waals surface area contributed by atoms with Crippen LogP contribution >= 0.6 is 15.9 Å². The Morgan fingerprint density at radius 2 is 2.00 bits per heavy atom. The summed E-state index contributed by atoms with van der Waals surface area (Å²) in [5.74, 6) is -0.0769. The molecule has 0 bridgehead atoms. The minimum absolute atomic E-state index is 0.0407. The quantitative estimate of drug-likeness (QED) is 0.830. The number of benzene rings is 2. The second-order valence-corrected chi connectivity index (χ2v) is 6.10. The SMILES string of the molecule is O=C(NC1c2ccccc2CC1Br)c1cccc(O)c1. The predicted octanol–water partition coefficient (Wildman–Crippen LogP) is 3.18. The van der Waals surface area contributed by atoms with Crippen molar-refractivity contribution >= 4 is 21.8 Å². The fourth-order valence-electron chi connectivity index (χ4n) is 2.59. The van der Waals surface area contributed by atoms with Crippen LogP contribution in [0.5, 0.6) is 5.75 Å². The molecule has 0 heterocycles. The van der Waals surface area contributed by atoms with E-state index in [2.05, 4.69) is 27.3 Å². The summed E-state index contributed by atoms with van der Waals surface area (Å²) >= 11 is 3.64. The van der Waals surface area contributed by atoms with Gasteiger partial charge in [-0.15, -0.1) is 0 Å². The smallest absolute Gasteiger partial charge is 0.251 e. The van der Waals surface area contributed by atoms with Crippen LogP contribution in [0.2, 0.25) is 0 Å². The van der Waals surface area contributed by atoms with Crippen LogP contribution in [-0.4, -0.2) is 15.8 Å². The first-order valence-electron chi connectivity index (χ1n) is 6.47. The topological polar surface area (TPSA) is 49.3 Å². The molecule has 0 saturated heterocycles. The highest BCUT2D eigenvalue weighted by atomic mass is 79.9. The van der Waals surface area contributed by atoms with Crippen molar-refractivity contribution in [2.75, 3.05) is 0 Å². The summed E-state index contributed by atoms with van der Waals surface area (Å²) in [6.07, 6.45) is 0.904. The van der Waals surface area contributed by atoms with E-state index < -0.39 is 0 Å². The monoisotopic (exact) mass is 331 g/mol. The van der Waals surface area contributed by atoms with E-state index in [9.17, 15) is 9.90 Å². The van der Waals surface area contributed by atoms with Gasteiger partial charge in [0.25, 0.3) is 5.91 Å². The Kier molecular flexibility index (Phi) is 3.49. The number of amides is 1. The number of fused-ring (bicyclic) bond motifs is 1. The molecule has 4 heteroatoms. The van der Waals surface area contributed by atoms with Crippen LogP contribution in [0.15, 0.2) is 48.5 Å². The molecule has 2 N–H and O–H groups in total. The van der Waals surface area contributed by atoms with E-state index in [0.717, 1.165) is 12.0 Å². The molecule has 2 aromatic rings. The number of phenols is 1. The van der Waals surface area contributed by atoms with Gasteiger partial charge in [0, 0.05) is 10.4 Å². The Balaban J connectivity index is 1.83. The third-order valence-electron chi connectivity index (χ3n) is 3.56.